The number of carbonyl (C=O) groups is 1. The van der Waals surface area contributed by atoms with E-state index in [1.807, 2.05) is 0 Å². The second-order valence-electron chi connectivity index (χ2n) is 8.26. The molecule has 0 spiro atoms. The van der Waals surface area contributed by atoms with Crippen molar-refractivity contribution in [1.82, 2.24) is 5.32 Å². The third kappa shape index (κ3) is 10.9. The molecule has 40 heavy (non-hydrogen) atoms. The molecule has 1 unspecified atom stereocenters. The zero-order chi connectivity index (χ0) is 28.5. The van der Waals surface area contributed by atoms with Gasteiger partial charge in [-0.1, -0.05) is 53.6 Å². The second kappa shape index (κ2) is 16.7. The van der Waals surface area contributed by atoms with Gasteiger partial charge in [-0.25, -0.2) is 9.36 Å². The summed E-state index contributed by atoms with van der Waals surface area (Å²) in [4.78, 5) is 15.4. The van der Waals surface area contributed by atoms with Gasteiger partial charge < -0.3 is 34.3 Å². The lowest BCUT2D eigenvalue weighted by Crippen LogP contribution is -2.34. The number of nitrogen functional groups attached to an aromatic ring is 1. The van der Waals surface area contributed by atoms with E-state index in [0.717, 1.165) is 0 Å². The minimum Gasteiger partial charge on any atom is -0.430 e. The van der Waals surface area contributed by atoms with Crippen LogP contribution in [-0.4, -0.2) is 51.5 Å². The summed E-state index contributed by atoms with van der Waals surface area (Å²) >= 11 is 0. The number of anilines is 1. The van der Waals surface area contributed by atoms with E-state index < -0.39 is 19.5 Å². The van der Waals surface area contributed by atoms with Gasteiger partial charge in [0.1, 0.15) is 11.5 Å². The van der Waals surface area contributed by atoms with Crippen LogP contribution >= 0.6 is 7.60 Å². The van der Waals surface area contributed by atoms with Crippen LogP contribution in [0.2, 0.25) is 0 Å². The molecular formula is C27H32N5O7P. The highest BCUT2D eigenvalue weighted by Gasteiger charge is 2.43. The lowest BCUT2D eigenvalue weighted by molar-refractivity contribution is 0.0507. The summed E-state index contributed by atoms with van der Waals surface area (Å²) in [6, 6.07) is 24.0. The number of nitrogens with two attached hydrogens (primary N) is 1. The first kappa shape index (κ1) is 30.3. The fourth-order valence-corrected chi connectivity index (χ4v) is 5.09. The lowest BCUT2D eigenvalue weighted by atomic mass is 10.1. The van der Waals surface area contributed by atoms with Crippen LogP contribution in [0.25, 0.3) is 10.4 Å². The van der Waals surface area contributed by atoms with Crippen molar-refractivity contribution in [2.24, 2.45) is 5.11 Å². The Morgan fingerprint density at radius 1 is 0.875 bits per heavy atom. The van der Waals surface area contributed by atoms with Crippen molar-refractivity contribution in [3.05, 3.63) is 101 Å². The van der Waals surface area contributed by atoms with E-state index in [4.69, 9.17) is 34.5 Å². The quantitative estimate of drug-likeness (QED) is 0.0532. The topological polar surface area (TPSA) is 167 Å². The molecule has 0 fully saturated rings. The van der Waals surface area contributed by atoms with Crippen LogP contribution < -0.4 is 20.1 Å². The second-order valence-corrected chi connectivity index (χ2v) is 10.3. The van der Waals surface area contributed by atoms with Gasteiger partial charge in [0.25, 0.3) is 0 Å². The average Bonchev–Trinajstić information content (AvgIpc) is 2.96. The zero-order valence-electron chi connectivity index (χ0n) is 21.8. The molecule has 212 valence electrons. The molecular weight excluding hydrogens is 537 g/mol. The molecule has 1 amide bonds. The van der Waals surface area contributed by atoms with Gasteiger partial charge in [-0.2, -0.15) is 0 Å². The minimum absolute atomic E-state index is 0.0360. The summed E-state index contributed by atoms with van der Waals surface area (Å²) in [5.74, 6) is -0.715. The van der Waals surface area contributed by atoms with E-state index >= 15 is 0 Å². The predicted molar refractivity (Wildman–Crippen MR) is 150 cm³/mol. The molecule has 0 saturated carbocycles. The van der Waals surface area contributed by atoms with Crippen LogP contribution in [0.3, 0.4) is 0 Å². The molecule has 0 aliphatic carbocycles. The predicted octanol–water partition coefficient (Wildman–Crippen LogP) is 5.56. The fraction of sp³-hybridized carbons (Fsp3) is 0.296. The number of azide groups is 1. The number of nitrogens with one attached hydrogen (secondary N) is 1. The summed E-state index contributed by atoms with van der Waals surface area (Å²) in [7, 11) is -4.16. The number of benzene rings is 3. The molecule has 3 aromatic carbocycles. The fourth-order valence-electron chi connectivity index (χ4n) is 3.33. The van der Waals surface area contributed by atoms with E-state index in [-0.39, 0.29) is 32.7 Å². The van der Waals surface area contributed by atoms with Gasteiger partial charge in [0.05, 0.1) is 26.4 Å². The number of hydrogen-bond donors (Lipinski definition) is 2. The highest BCUT2D eigenvalue weighted by molar-refractivity contribution is 7.55. The smallest absolute Gasteiger partial charge is 0.430 e. The Balaban J connectivity index is 1.68. The molecule has 13 heteroatoms. The third-order valence-corrected chi connectivity index (χ3v) is 7.15. The Kier molecular flexibility index (Phi) is 12.7. The molecule has 0 bridgehead atoms. The number of amides is 1. The largest absolute Gasteiger partial charge is 0.471 e. The molecule has 0 aliphatic rings. The molecule has 1 atom stereocenters. The third-order valence-electron chi connectivity index (χ3n) is 5.22. The maximum atomic E-state index is 14.4. The van der Waals surface area contributed by atoms with Crippen LogP contribution in [0.1, 0.15) is 5.56 Å². The van der Waals surface area contributed by atoms with Crippen molar-refractivity contribution in [3.8, 4) is 11.5 Å². The van der Waals surface area contributed by atoms with Crippen LogP contribution in [0.5, 0.6) is 11.5 Å². The van der Waals surface area contributed by atoms with Gasteiger partial charge in [0, 0.05) is 30.1 Å². The van der Waals surface area contributed by atoms with Gasteiger partial charge in [0.15, 0.2) is 0 Å². The molecule has 0 saturated heterocycles. The summed E-state index contributed by atoms with van der Waals surface area (Å²) in [5, 5.41) is 5.96. The van der Waals surface area contributed by atoms with Gasteiger partial charge in [-0.3, -0.25) is 0 Å². The molecule has 0 aromatic heterocycles. The summed E-state index contributed by atoms with van der Waals surface area (Å²) in [6.45, 7) is 1.46. The van der Waals surface area contributed by atoms with Crippen molar-refractivity contribution in [3.63, 3.8) is 0 Å². The van der Waals surface area contributed by atoms with Crippen molar-refractivity contribution < 1.29 is 32.6 Å². The highest BCUT2D eigenvalue weighted by atomic mass is 31.2. The number of carbonyl (C=O) groups excluding carboxylic acids is 1. The van der Waals surface area contributed by atoms with Crippen LogP contribution in [0.4, 0.5) is 10.5 Å². The maximum Gasteiger partial charge on any atom is 0.471 e. The highest BCUT2D eigenvalue weighted by Crippen LogP contribution is 2.54. The molecule has 3 aromatic rings. The van der Waals surface area contributed by atoms with Crippen molar-refractivity contribution >= 4 is 19.4 Å². The summed E-state index contributed by atoms with van der Waals surface area (Å²) < 4.78 is 42.5. The van der Waals surface area contributed by atoms with Crippen molar-refractivity contribution in [2.45, 2.75) is 12.3 Å². The molecule has 3 rings (SSSR count). The SMILES string of the molecule is [N-]=[N+]=NCCOCCOCCNC(=O)OC(Cc1ccc(N)cc1)P(=O)(Oc1ccccc1)Oc1ccccc1. The first-order valence-electron chi connectivity index (χ1n) is 12.5. The Bertz CT molecular complexity index is 1210. The number of hydrogen-bond acceptors (Lipinski definition) is 9. The molecule has 0 aliphatic heterocycles. The van der Waals surface area contributed by atoms with E-state index in [1.54, 1.807) is 84.9 Å². The van der Waals surface area contributed by atoms with Crippen LogP contribution in [0.15, 0.2) is 90.0 Å². The van der Waals surface area contributed by atoms with Crippen LogP contribution in [0, 0.1) is 0 Å². The first-order chi connectivity index (χ1) is 19.5. The minimum atomic E-state index is -4.16. The monoisotopic (exact) mass is 569 g/mol. The van der Waals surface area contributed by atoms with Crippen molar-refractivity contribution in [1.29, 1.82) is 0 Å². The number of para-hydroxylation sites is 2. The number of rotatable bonds is 17. The average molecular weight is 570 g/mol. The molecule has 0 radical (unpaired) electrons. The van der Waals surface area contributed by atoms with Crippen molar-refractivity contribution in [2.75, 3.05) is 45.3 Å². The standard InChI is InChI=1S/C27H32N5O7P/c28-23-13-11-22(12-14-23)21-26(37-27(33)30-15-17-35-19-20-36-18-16-31-32-29)40(34,38-24-7-3-1-4-8-24)39-25-9-5-2-6-10-25/h1-14,26H,15-21,28H2,(H,30,33). The molecule has 3 N–H and O–H groups in total. The van der Waals surface area contributed by atoms with Gasteiger partial charge >= 0.3 is 13.7 Å². The van der Waals surface area contributed by atoms with E-state index in [1.165, 1.54) is 0 Å². The summed E-state index contributed by atoms with van der Waals surface area (Å²) in [6.07, 6.45) is -0.780. The van der Waals surface area contributed by atoms with Gasteiger partial charge in [-0.15, -0.1) is 0 Å². The maximum absolute atomic E-state index is 14.4. The Hall–Kier alpha value is -4.21. The Morgan fingerprint density at radius 3 is 2.02 bits per heavy atom. The Morgan fingerprint density at radius 2 is 1.45 bits per heavy atom. The first-order valence-corrected chi connectivity index (χ1v) is 14.1. The summed E-state index contributed by atoms with van der Waals surface area (Å²) in [5.41, 5.74) is 15.3. The Labute approximate surface area is 232 Å². The number of ether oxygens (including phenoxy) is 3. The lowest BCUT2D eigenvalue weighted by Gasteiger charge is -2.27. The van der Waals surface area contributed by atoms with E-state index in [9.17, 15) is 9.36 Å². The van der Waals surface area contributed by atoms with Gasteiger partial charge in [0.2, 0.25) is 5.85 Å². The zero-order valence-corrected chi connectivity index (χ0v) is 22.7. The molecule has 12 nitrogen and oxygen atoms in total. The number of alkyl carbamates (subject to hydrolysis) is 1. The van der Waals surface area contributed by atoms with Crippen LogP contribution in [-0.2, 0) is 25.2 Å². The van der Waals surface area contributed by atoms with E-state index in [0.29, 0.717) is 36.0 Å². The van der Waals surface area contributed by atoms with E-state index in [2.05, 4.69) is 15.3 Å². The normalized spacial score (nSPS) is 11.6. The van der Waals surface area contributed by atoms with Gasteiger partial charge in [-0.05, 0) is 47.5 Å². The number of nitrogens with zero attached hydrogens (tertiary/aromatic N) is 3. The molecule has 0 heterocycles.